The van der Waals surface area contributed by atoms with Crippen molar-refractivity contribution in [3.63, 3.8) is 0 Å². The molecule has 2 aliphatic rings. The van der Waals surface area contributed by atoms with Gasteiger partial charge < -0.3 is 20.5 Å². The first kappa shape index (κ1) is 14.0. The van der Waals surface area contributed by atoms with Crippen molar-refractivity contribution >= 4 is 11.6 Å². The van der Waals surface area contributed by atoms with E-state index in [-0.39, 0.29) is 6.04 Å². The molecular weight excluding hydrogens is 276 g/mol. The number of nitrogens with one attached hydrogen (secondary N) is 1. The molecule has 1 aliphatic carbocycles. The number of rotatable bonds is 5. The van der Waals surface area contributed by atoms with E-state index in [2.05, 4.69) is 5.32 Å². The van der Waals surface area contributed by atoms with Crippen LogP contribution < -0.4 is 20.5 Å². The van der Waals surface area contributed by atoms with E-state index in [1.54, 1.807) is 0 Å². The Hall–Kier alpha value is -0.970. The van der Waals surface area contributed by atoms with E-state index in [1.807, 2.05) is 12.1 Å². The molecule has 1 unspecified atom stereocenters. The highest BCUT2D eigenvalue weighted by molar-refractivity contribution is 6.32. The number of hydrogen-bond donors (Lipinski definition) is 2. The van der Waals surface area contributed by atoms with Crippen molar-refractivity contribution in [2.24, 2.45) is 11.7 Å². The minimum Gasteiger partial charge on any atom is -0.489 e. The largest absolute Gasteiger partial charge is 0.489 e. The molecule has 4 nitrogen and oxygen atoms in total. The Kier molecular flexibility index (Phi) is 4.34. The molecule has 1 aliphatic heterocycles. The molecule has 1 aromatic carbocycles. The van der Waals surface area contributed by atoms with E-state index < -0.39 is 0 Å². The molecule has 3 rings (SSSR count). The third-order valence-electron chi connectivity index (χ3n) is 3.81. The van der Waals surface area contributed by atoms with Gasteiger partial charge in [0.1, 0.15) is 0 Å². The molecular formula is C15H21ClN2O2. The molecule has 0 spiro atoms. The lowest BCUT2D eigenvalue weighted by atomic mass is 10.1. The highest BCUT2D eigenvalue weighted by Gasteiger charge is 2.23. The summed E-state index contributed by atoms with van der Waals surface area (Å²) < 4.78 is 11.4. The predicted octanol–water partition coefficient (Wildman–Crippen LogP) is 2.50. The molecule has 0 bridgehead atoms. The van der Waals surface area contributed by atoms with Gasteiger partial charge in [-0.1, -0.05) is 11.6 Å². The van der Waals surface area contributed by atoms with Crippen molar-refractivity contribution in [1.29, 1.82) is 0 Å². The topological polar surface area (TPSA) is 56.5 Å². The third-order valence-corrected chi connectivity index (χ3v) is 4.09. The van der Waals surface area contributed by atoms with Crippen LogP contribution in [0.5, 0.6) is 11.5 Å². The van der Waals surface area contributed by atoms with Gasteiger partial charge >= 0.3 is 0 Å². The number of ether oxygens (including phenoxy) is 2. The summed E-state index contributed by atoms with van der Waals surface area (Å²) in [6.45, 7) is 2.87. The molecule has 1 saturated carbocycles. The third kappa shape index (κ3) is 3.19. The van der Waals surface area contributed by atoms with Gasteiger partial charge in [0.15, 0.2) is 11.5 Å². The van der Waals surface area contributed by atoms with Crippen LogP contribution in [0.25, 0.3) is 0 Å². The molecule has 5 heteroatoms. The Morgan fingerprint density at radius 1 is 1.30 bits per heavy atom. The smallest absolute Gasteiger partial charge is 0.179 e. The van der Waals surface area contributed by atoms with E-state index in [9.17, 15) is 0 Å². The van der Waals surface area contributed by atoms with Gasteiger partial charge in [-0.05, 0) is 43.0 Å². The lowest BCUT2D eigenvalue weighted by molar-refractivity contribution is 0.297. The zero-order chi connectivity index (χ0) is 13.9. The molecule has 1 atom stereocenters. The van der Waals surface area contributed by atoms with Crippen LogP contribution in [0.4, 0.5) is 0 Å². The molecule has 0 amide bonds. The second kappa shape index (κ2) is 6.20. The Labute approximate surface area is 124 Å². The molecule has 20 heavy (non-hydrogen) atoms. The number of halogens is 1. The summed E-state index contributed by atoms with van der Waals surface area (Å²) in [7, 11) is 0. The van der Waals surface area contributed by atoms with Crippen LogP contribution in [0.2, 0.25) is 5.02 Å². The quantitative estimate of drug-likeness (QED) is 0.876. The summed E-state index contributed by atoms with van der Waals surface area (Å²) in [5.74, 6) is 2.21. The van der Waals surface area contributed by atoms with Crippen molar-refractivity contribution in [3.05, 3.63) is 22.7 Å². The Balaban J connectivity index is 1.80. The highest BCUT2D eigenvalue weighted by Crippen LogP contribution is 2.39. The van der Waals surface area contributed by atoms with Crippen molar-refractivity contribution in [3.8, 4) is 11.5 Å². The first-order valence-corrected chi connectivity index (χ1v) is 7.68. The van der Waals surface area contributed by atoms with Gasteiger partial charge in [-0.3, -0.25) is 0 Å². The first-order chi connectivity index (χ1) is 9.78. The summed E-state index contributed by atoms with van der Waals surface area (Å²) in [6, 6.07) is 4.06. The fraction of sp³-hybridized carbons (Fsp3) is 0.600. The average molecular weight is 297 g/mol. The first-order valence-electron chi connectivity index (χ1n) is 7.30. The van der Waals surface area contributed by atoms with E-state index in [0.29, 0.717) is 30.5 Å². The number of fused-ring (bicyclic) bond motifs is 1. The van der Waals surface area contributed by atoms with Gasteiger partial charge in [-0.2, -0.15) is 0 Å². The minimum atomic E-state index is 0.116. The van der Waals surface area contributed by atoms with Crippen LogP contribution in [-0.2, 0) is 0 Å². The summed E-state index contributed by atoms with van der Waals surface area (Å²) in [5, 5.41) is 4.12. The zero-order valence-electron chi connectivity index (χ0n) is 11.5. The fourth-order valence-corrected chi connectivity index (χ4v) is 2.69. The molecule has 0 saturated heterocycles. The molecule has 1 heterocycles. The standard InChI is InChI=1S/C15H21ClN2O2/c16-12-6-11(13(8-17)18-9-10-2-3-10)7-14-15(12)20-5-1-4-19-14/h6-7,10,13,18H,1-5,8-9,17H2. The molecule has 0 aromatic heterocycles. The SMILES string of the molecule is NCC(NCC1CC1)c1cc(Cl)c2c(c1)OCCCO2. The monoisotopic (exact) mass is 296 g/mol. The molecule has 0 radical (unpaired) electrons. The van der Waals surface area contributed by atoms with Crippen LogP contribution in [0.3, 0.4) is 0 Å². The maximum Gasteiger partial charge on any atom is 0.179 e. The van der Waals surface area contributed by atoms with E-state index >= 15 is 0 Å². The van der Waals surface area contributed by atoms with Crippen molar-refractivity contribution in [2.75, 3.05) is 26.3 Å². The van der Waals surface area contributed by atoms with Gasteiger partial charge in [0, 0.05) is 19.0 Å². The number of benzene rings is 1. The van der Waals surface area contributed by atoms with Crippen molar-refractivity contribution in [1.82, 2.24) is 5.32 Å². The number of hydrogen-bond acceptors (Lipinski definition) is 4. The van der Waals surface area contributed by atoms with Gasteiger partial charge in [-0.25, -0.2) is 0 Å². The maximum absolute atomic E-state index is 6.32. The van der Waals surface area contributed by atoms with Crippen LogP contribution in [-0.4, -0.2) is 26.3 Å². The van der Waals surface area contributed by atoms with Crippen LogP contribution in [0.15, 0.2) is 12.1 Å². The van der Waals surface area contributed by atoms with Gasteiger partial charge in [0.2, 0.25) is 0 Å². The van der Waals surface area contributed by atoms with Crippen LogP contribution in [0.1, 0.15) is 30.9 Å². The van der Waals surface area contributed by atoms with Gasteiger partial charge in [0.25, 0.3) is 0 Å². The molecule has 3 N–H and O–H groups in total. The molecule has 1 aromatic rings. The Morgan fingerprint density at radius 2 is 2.10 bits per heavy atom. The van der Waals surface area contributed by atoms with E-state index in [4.69, 9.17) is 26.8 Å². The summed E-state index contributed by atoms with van der Waals surface area (Å²) in [4.78, 5) is 0. The van der Waals surface area contributed by atoms with Crippen molar-refractivity contribution < 1.29 is 9.47 Å². The zero-order valence-corrected chi connectivity index (χ0v) is 12.3. The normalized spacial score (nSPS) is 19.5. The highest BCUT2D eigenvalue weighted by atomic mass is 35.5. The lowest BCUT2D eigenvalue weighted by Gasteiger charge is -2.19. The average Bonchev–Trinajstić information content (AvgIpc) is 3.25. The molecule has 1 fully saturated rings. The summed E-state index contributed by atoms with van der Waals surface area (Å²) in [5.41, 5.74) is 6.96. The number of nitrogens with two attached hydrogens (primary N) is 1. The Bertz CT molecular complexity index is 477. The summed E-state index contributed by atoms with van der Waals surface area (Å²) in [6.07, 6.45) is 3.53. The van der Waals surface area contributed by atoms with Crippen LogP contribution in [0, 0.1) is 5.92 Å². The van der Waals surface area contributed by atoms with E-state index in [1.165, 1.54) is 12.8 Å². The molecule has 110 valence electrons. The fourth-order valence-electron chi connectivity index (χ4n) is 2.42. The van der Waals surface area contributed by atoms with Gasteiger partial charge in [0.05, 0.1) is 18.2 Å². The Morgan fingerprint density at radius 3 is 2.85 bits per heavy atom. The second-order valence-electron chi connectivity index (χ2n) is 5.52. The lowest BCUT2D eigenvalue weighted by Crippen LogP contribution is -2.29. The predicted molar refractivity (Wildman–Crippen MR) is 79.6 cm³/mol. The maximum atomic E-state index is 6.32. The minimum absolute atomic E-state index is 0.116. The second-order valence-corrected chi connectivity index (χ2v) is 5.93. The van der Waals surface area contributed by atoms with Crippen LogP contribution >= 0.6 is 11.6 Å². The van der Waals surface area contributed by atoms with Crippen molar-refractivity contribution in [2.45, 2.75) is 25.3 Å². The van der Waals surface area contributed by atoms with Gasteiger partial charge in [-0.15, -0.1) is 0 Å². The van der Waals surface area contributed by atoms with E-state index in [0.717, 1.165) is 30.2 Å². The summed E-state index contributed by atoms with van der Waals surface area (Å²) >= 11 is 6.32.